The number of piperidine rings is 1. The molecule has 0 saturated carbocycles. The van der Waals surface area contributed by atoms with Crippen molar-refractivity contribution >= 4 is 5.69 Å². The molecule has 106 valence electrons. The Labute approximate surface area is 114 Å². The van der Waals surface area contributed by atoms with E-state index < -0.39 is 6.10 Å². The van der Waals surface area contributed by atoms with Crippen molar-refractivity contribution in [1.29, 1.82) is 0 Å². The highest BCUT2D eigenvalue weighted by Crippen LogP contribution is 2.23. The van der Waals surface area contributed by atoms with E-state index in [0.717, 1.165) is 31.5 Å². The van der Waals surface area contributed by atoms with Crippen molar-refractivity contribution in [2.75, 3.05) is 25.4 Å². The molecule has 0 aliphatic carbocycles. The van der Waals surface area contributed by atoms with Crippen LogP contribution in [-0.2, 0) is 0 Å². The van der Waals surface area contributed by atoms with E-state index in [1.165, 1.54) is 0 Å². The van der Waals surface area contributed by atoms with E-state index in [9.17, 15) is 10.2 Å². The molecule has 1 aliphatic heterocycles. The van der Waals surface area contributed by atoms with E-state index in [4.69, 9.17) is 5.73 Å². The van der Waals surface area contributed by atoms with Crippen molar-refractivity contribution < 1.29 is 10.2 Å². The number of nitrogens with zero attached hydrogens (tertiary/aromatic N) is 1. The molecule has 0 aromatic heterocycles. The highest BCUT2D eigenvalue weighted by Gasteiger charge is 2.24. The summed E-state index contributed by atoms with van der Waals surface area (Å²) in [6, 6.07) is 7.39. The zero-order valence-corrected chi connectivity index (χ0v) is 11.5. The Balaban J connectivity index is 1.83. The van der Waals surface area contributed by atoms with E-state index in [0.29, 0.717) is 18.2 Å². The molecule has 0 bridgehead atoms. The standard InChI is InChI=1S/C15H24N2O2/c1-11(18)12-6-8-17(9-7-12)10-15(19)13-2-4-14(16)5-3-13/h2-5,11-12,15,18-19H,6-10,16H2,1H3. The lowest BCUT2D eigenvalue weighted by Crippen LogP contribution is -2.39. The Morgan fingerprint density at radius 2 is 1.79 bits per heavy atom. The summed E-state index contributed by atoms with van der Waals surface area (Å²) in [5.41, 5.74) is 7.26. The van der Waals surface area contributed by atoms with E-state index in [-0.39, 0.29) is 6.10 Å². The normalized spacial score (nSPS) is 21.2. The second kappa shape index (κ2) is 6.37. The van der Waals surface area contributed by atoms with Gasteiger partial charge in [0.2, 0.25) is 0 Å². The molecule has 1 fully saturated rings. The lowest BCUT2D eigenvalue weighted by molar-refractivity contribution is 0.0485. The van der Waals surface area contributed by atoms with Crippen molar-refractivity contribution in [3.63, 3.8) is 0 Å². The van der Waals surface area contributed by atoms with Gasteiger partial charge in [-0.25, -0.2) is 0 Å². The van der Waals surface area contributed by atoms with Gasteiger partial charge in [-0.3, -0.25) is 0 Å². The molecule has 2 atom stereocenters. The molecule has 2 unspecified atom stereocenters. The van der Waals surface area contributed by atoms with Crippen molar-refractivity contribution in [1.82, 2.24) is 4.90 Å². The molecule has 2 rings (SSSR count). The quantitative estimate of drug-likeness (QED) is 0.719. The predicted octanol–water partition coefficient (Wildman–Crippen LogP) is 1.40. The third kappa shape index (κ3) is 3.93. The fraction of sp³-hybridized carbons (Fsp3) is 0.600. The van der Waals surface area contributed by atoms with E-state index in [2.05, 4.69) is 4.90 Å². The molecular weight excluding hydrogens is 240 g/mol. The SMILES string of the molecule is CC(O)C1CCN(CC(O)c2ccc(N)cc2)CC1. The fourth-order valence-electron chi connectivity index (χ4n) is 2.69. The molecule has 1 aromatic rings. The van der Waals surface area contributed by atoms with Gasteiger partial charge >= 0.3 is 0 Å². The van der Waals surface area contributed by atoms with Crippen LogP contribution in [0.2, 0.25) is 0 Å². The monoisotopic (exact) mass is 264 g/mol. The number of hydrogen-bond donors (Lipinski definition) is 3. The van der Waals surface area contributed by atoms with Crippen molar-refractivity contribution in [2.45, 2.75) is 32.0 Å². The molecule has 1 saturated heterocycles. The molecule has 4 heteroatoms. The summed E-state index contributed by atoms with van der Waals surface area (Å²) in [6.07, 6.45) is 1.32. The Kier molecular flexibility index (Phi) is 4.80. The Bertz CT molecular complexity index is 384. The molecule has 0 spiro atoms. The van der Waals surface area contributed by atoms with Gasteiger partial charge in [0.15, 0.2) is 0 Å². The number of hydrogen-bond acceptors (Lipinski definition) is 4. The number of β-amino-alcohol motifs (C(OH)–C–C–N with tert-alkyl or cyclic N) is 1. The van der Waals surface area contributed by atoms with Crippen LogP contribution in [0.1, 0.15) is 31.4 Å². The van der Waals surface area contributed by atoms with Gasteiger partial charge in [-0.05, 0) is 56.5 Å². The summed E-state index contributed by atoms with van der Waals surface area (Å²) in [4.78, 5) is 2.26. The molecule has 4 N–H and O–H groups in total. The predicted molar refractivity (Wildman–Crippen MR) is 76.7 cm³/mol. The Hall–Kier alpha value is -1.10. The minimum absolute atomic E-state index is 0.218. The van der Waals surface area contributed by atoms with Crippen molar-refractivity contribution in [3.8, 4) is 0 Å². The number of anilines is 1. The van der Waals surface area contributed by atoms with Gasteiger partial charge in [0.05, 0.1) is 12.2 Å². The maximum Gasteiger partial charge on any atom is 0.0916 e. The average Bonchev–Trinajstić information content (AvgIpc) is 2.40. The van der Waals surface area contributed by atoms with Gasteiger partial charge in [0, 0.05) is 12.2 Å². The topological polar surface area (TPSA) is 69.7 Å². The maximum atomic E-state index is 10.2. The summed E-state index contributed by atoms with van der Waals surface area (Å²) >= 11 is 0. The first-order valence-electron chi connectivity index (χ1n) is 7.00. The van der Waals surface area contributed by atoms with Gasteiger partial charge in [0.1, 0.15) is 0 Å². The number of aliphatic hydroxyl groups excluding tert-OH is 2. The van der Waals surface area contributed by atoms with E-state index in [1.54, 1.807) is 0 Å². The molecular formula is C15H24N2O2. The lowest BCUT2D eigenvalue weighted by Gasteiger charge is -2.34. The van der Waals surface area contributed by atoms with Crippen LogP contribution in [0.15, 0.2) is 24.3 Å². The molecule has 1 heterocycles. The maximum absolute atomic E-state index is 10.2. The molecule has 1 aliphatic rings. The lowest BCUT2D eigenvalue weighted by atomic mass is 9.92. The molecule has 19 heavy (non-hydrogen) atoms. The van der Waals surface area contributed by atoms with E-state index in [1.807, 2.05) is 31.2 Å². The molecule has 0 amide bonds. The number of rotatable bonds is 4. The van der Waals surface area contributed by atoms with Crippen LogP contribution in [0, 0.1) is 5.92 Å². The largest absolute Gasteiger partial charge is 0.399 e. The van der Waals surface area contributed by atoms with Gasteiger partial charge in [-0.15, -0.1) is 0 Å². The zero-order chi connectivity index (χ0) is 13.8. The molecule has 0 radical (unpaired) electrons. The highest BCUT2D eigenvalue weighted by molar-refractivity contribution is 5.39. The van der Waals surface area contributed by atoms with Crippen molar-refractivity contribution in [3.05, 3.63) is 29.8 Å². The highest BCUT2D eigenvalue weighted by atomic mass is 16.3. The minimum atomic E-state index is -0.469. The summed E-state index contributed by atoms with van der Waals surface area (Å²) in [6.45, 7) is 4.41. The first-order valence-corrected chi connectivity index (χ1v) is 7.00. The number of benzene rings is 1. The average molecular weight is 264 g/mol. The number of nitrogens with two attached hydrogens (primary N) is 1. The van der Waals surface area contributed by atoms with Crippen LogP contribution in [-0.4, -0.2) is 40.9 Å². The zero-order valence-electron chi connectivity index (χ0n) is 11.5. The summed E-state index contributed by atoms with van der Waals surface area (Å²) in [5.74, 6) is 0.407. The third-order valence-corrected chi connectivity index (χ3v) is 4.07. The third-order valence-electron chi connectivity index (χ3n) is 4.07. The minimum Gasteiger partial charge on any atom is -0.399 e. The summed E-state index contributed by atoms with van der Waals surface area (Å²) < 4.78 is 0. The van der Waals surface area contributed by atoms with E-state index >= 15 is 0 Å². The van der Waals surface area contributed by atoms with Crippen LogP contribution in [0.5, 0.6) is 0 Å². The molecule has 4 nitrogen and oxygen atoms in total. The van der Waals surface area contributed by atoms with Crippen molar-refractivity contribution in [2.24, 2.45) is 5.92 Å². The van der Waals surface area contributed by atoms with Gasteiger partial charge in [-0.1, -0.05) is 12.1 Å². The van der Waals surface area contributed by atoms with Gasteiger partial charge in [0.25, 0.3) is 0 Å². The Morgan fingerprint density at radius 3 is 2.32 bits per heavy atom. The first-order chi connectivity index (χ1) is 9.06. The van der Waals surface area contributed by atoms with Crippen LogP contribution >= 0.6 is 0 Å². The smallest absolute Gasteiger partial charge is 0.0916 e. The van der Waals surface area contributed by atoms with Crippen LogP contribution in [0.4, 0.5) is 5.69 Å². The van der Waals surface area contributed by atoms with Gasteiger partial charge in [-0.2, -0.15) is 0 Å². The molecule has 1 aromatic carbocycles. The second-order valence-electron chi connectivity index (χ2n) is 5.56. The summed E-state index contributed by atoms with van der Waals surface area (Å²) in [7, 11) is 0. The number of nitrogen functional groups attached to an aromatic ring is 1. The summed E-state index contributed by atoms with van der Waals surface area (Å²) in [5, 5.41) is 19.8. The second-order valence-corrected chi connectivity index (χ2v) is 5.56. The van der Waals surface area contributed by atoms with Crippen LogP contribution < -0.4 is 5.73 Å². The number of aliphatic hydroxyl groups is 2. The van der Waals surface area contributed by atoms with Crippen LogP contribution in [0.3, 0.4) is 0 Å². The van der Waals surface area contributed by atoms with Gasteiger partial charge < -0.3 is 20.8 Å². The number of likely N-dealkylation sites (tertiary alicyclic amines) is 1. The first kappa shape index (κ1) is 14.3. The fourth-order valence-corrected chi connectivity index (χ4v) is 2.69. The Morgan fingerprint density at radius 1 is 1.21 bits per heavy atom. The van der Waals surface area contributed by atoms with Crippen LogP contribution in [0.25, 0.3) is 0 Å².